The maximum Gasteiger partial charge on any atom is 0.321 e. The summed E-state index contributed by atoms with van der Waals surface area (Å²) < 4.78 is 10.3. The van der Waals surface area contributed by atoms with Crippen molar-refractivity contribution < 1.29 is 8.94 Å². The molecule has 0 atom stereocenters. The predicted octanol–water partition coefficient (Wildman–Crippen LogP) is 2.71. The van der Waals surface area contributed by atoms with Gasteiger partial charge in [-0.1, -0.05) is 19.0 Å². The van der Waals surface area contributed by atoms with Crippen LogP contribution in [0.25, 0.3) is 11.4 Å². The molecule has 16 heavy (non-hydrogen) atoms. The Morgan fingerprint density at radius 2 is 2.25 bits per heavy atom. The molecule has 0 fully saturated rings. The van der Waals surface area contributed by atoms with Crippen molar-refractivity contribution >= 4 is 6.01 Å². The van der Waals surface area contributed by atoms with Crippen LogP contribution >= 0.6 is 0 Å². The fourth-order valence-corrected chi connectivity index (χ4v) is 1.31. The highest BCUT2D eigenvalue weighted by molar-refractivity contribution is 5.57. The average Bonchev–Trinajstić information content (AvgIpc) is 2.83. The normalized spacial score (nSPS) is 11.0. The van der Waals surface area contributed by atoms with Gasteiger partial charge in [0, 0.05) is 6.54 Å². The molecule has 0 bridgehead atoms. The van der Waals surface area contributed by atoms with Gasteiger partial charge in [0.1, 0.15) is 5.76 Å². The summed E-state index contributed by atoms with van der Waals surface area (Å²) in [6.07, 6.45) is 1.61. The van der Waals surface area contributed by atoms with Crippen molar-refractivity contribution in [3.8, 4) is 11.4 Å². The van der Waals surface area contributed by atoms with E-state index in [4.69, 9.17) is 8.94 Å². The molecule has 0 radical (unpaired) electrons. The number of aromatic nitrogens is 2. The third-order valence-corrected chi connectivity index (χ3v) is 2.19. The molecule has 2 rings (SSSR count). The molecule has 5 heteroatoms. The van der Waals surface area contributed by atoms with Crippen LogP contribution in [0.5, 0.6) is 0 Å². The van der Waals surface area contributed by atoms with Gasteiger partial charge in [0.05, 0.1) is 11.8 Å². The van der Waals surface area contributed by atoms with Gasteiger partial charge in [0.15, 0.2) is 0 Å². The molecule has 2 aromatic heterocycles. The average molecular weight is 221 g/mol. The summed E-state index contributed by atoms with van der Waals surface area (Å²) >= 11 is 0. The van der Waals surface area contributed by atoms with E-state index in [1.807, 2.05) is 13.0 Å². The molecule has 0 aromatic carbocycles. The first-order valence-corrected chi connectivity index (χ1v) is 5.29. The van der Waals surface area contributed by atoms with Crippen LogP contribution in [-0.4, -0.2) is 16.7 Å². The van der Waals surface area contributed by atoms with E-state index in [-0.39, 0.29) is 0 Å². The van der Waals surface area contributed by atoms with Gasteiger partial charge in [0.2, 0.25) is 5.82 Å². The first-order valence-electron chi connectivity index (χ1n) is 5.29. The van der Waals surface area contributed by atoms with Gasteiger partial charge < -0.3 is 14.3 Å². The molecule has 0 aliphatic heterocycles. The Morgan fingerprint density at radius 3 is 2.88 bits per heavy atom. The number of nitrogens with zero attached hydrogens (tertiary/aromatic N) is 2. The molecule has 86 valence electrons. The Morgan fingerprint density at radius 1 is 1.44 bits per heavy atom. The van der Waals surface area contributed by atoms with E-state index < -0.39 is 0 Å². The lowest BCUT2D eigenvalue weighted by Crippen LogP contribution is -2.07. The van der Waals surface area contributed by atoms with Crippen molar-refractivity contribution in [2.75, 3.05) is 11.9 Å². The number of nitrogens with one attached hydrogen (secondary N) is 1. The molecule has 1 N–H and O–H groups in total. The Hall–Kier alpha value is -1.78. The summed E-state index contributed by atoms with van der Waals surface area (Å²) in [4.78, 5) is 4.24. The Labute approximate surface area is 93.8 Å². The minimum Gasteiger partial charge on any atom is -0.469 e. The second-order valence-corrected chi connectivity index (χ2v) is 4.09. The lowest BCUT2D eigenvalue weighted by atomic mass is 10.2. The molecular formula is C11H15N3O2. The fourth-order valence-electron chi connectivity index (χ4n) is 1.31. The number of rotatable bonds is 4. The SMILES string of the molecule is Cc1occc1-c1noc(NCC(C)C)n1. The zero-order valence-corrected chi connectivity index (χ0v) is 9.65. The third-order valence-electron chi connectivity index (χ3n) is 2.19. The molecule has 0 amide bonds. The van der Waals surface area contributed by atoms with Crippen molar-refractivity contribution in [2.24, 2.45) is 5.92 Å². The van der Waals surface area contributed by atoms with E-state index in [2.05, 4.69) is 29.3 Å². The maximum atomic E-state index is 5.18. The number of aryl methyl sites for hydroxylation is 1. The standard InChI is InChI=1S/C11H15N3O2/c1-7(2)6-12-11-13-10(14-16-11)9-4-5-15-8(9)3/h4-5,7H,6H2,1-3H3,(H,12,13,14). The molecule has 0 unspecified atom stereocenters. The van der Waals surface area contributed by atoms with Crippen LogP contribution < -0.4 is 5.32 Å². The van der Waals surface area contributed by atoms with Gasteiger partial charge in [-0.2, -0.15) is 4.98 Å². The highest BCUT2D eigenvalue weighted by Gasteiger charge is 2.12. The van der Waals surface area contributed by atoms with Crippen molar-refractivity contribution in [1.82, 2.24) is 10.1 Å². The minimum absolute atomic E-state index is 0.448. The van der Waals surface area contributed by atoms with E-state index in [1.54, 1.807) is 6.26 Å². The molecular weight excluding hydrogens is 206 g/mol. The summed E-state index contributed by atoms with van der Waals surface area (Å²) in [7, 11) is 0. The van der Waals surface area contributed by atoms with Crippen LogP contribution in [0.4, 0.5) is 6.01 Å². The lowest BCUT2D eigenvalue weighted by Gasteiger charge is -2.02. The van der Waals surface area contributed by atoms with Gasteiger partial charge in [-0.3, -0.25) is 0 Å². The predicted molar refractivity (Wildman–Crippen MR) is 60.1 cm³/mol. The Bertz CT molecular complexity index is 459. The highest BCUT2D eigenvalue weighted by atomic mass is 16.5. The zero-order chi connectivity index (χ0) is 11.5. The Kier molecular flexibility index (Phi) is 2.94. The molecule has 0 aliphatic carbocycles. The molecule has 0 saturated heterocycles. The third kappa shape index (κ3) is 2.24. The molecule has 0 spiro atoms. The molecule has 2 heterocycles. The van der Waals surface area contributed by atoms with Gasteiger partial charge in [0.25, 0.3) is 0 Å². The highest BCUT2D eigenvalue weighted by Crippen LogP contribution is 2.22. The largest absolute Gasteiger partial charge is 0.469 e. The van der Waals surface area contributed by atoms with Crippen LogP contribution in [0.3, 0.4) is 0 Å². The van der Waals surface area contributed by atoms with E-state index in [1.165, 1.54) is 0 Å². The molecule has 0 aliphatic rings. The minimum atomic E-state index is 0.448. The summed E-state index contributed by atoms with van der Waals surface area (Å²) in [5, 5.41) is 6.96. The molecule has 0 saturated carbocycles. The Balaban J connectivity index is 2.11. The van der Waals surface area contributed by atoms with Crippen molar-refractivity contribution in [1.29, 1.82) is 0 Å². The number of hydrogen-bond acceptors (Lipinski definition) is 5. The first-order chi connectivity index (χ1) is 7.66. The van der Waals surface area contributed by atoms with E-state index in [0.717, 1.165) is 17.9 Å². The number of anilines is 1. The first kappa shape index (κ1) is 10.7. The van der Waals surface area contributed by atoms with Gasteiger partial charge in [-0.25, -0.2) is 0 Å². The number of hydrogen-bond donors (Lipinski definition) is 1. The monoisotopic (exact) mass is 221 g/mol. The molecule has 5 nitrogen and oxygen atoms in total. The van der Waals surface area contributed by atoms with E-state index in [0.29, 0.717) is 17.8 Å². The second kappa shape index (κ2) is 4.38. The summed E-state index contributed by atoms with van der Waals surface area (Å²) in [6, 6.07) is 2.27. The lowest BCUT2D eigenvalue weighted by molar-refractivity contribution is 0.429. The quantitative estimate of drug-likeness (QED) is 0.859. The van der Waals surface area contributed by atoms with Crippen molar-refractivity contribution in [2.45, 2.75) is 20.8 Å². The molecule has 2 aromatic rings. The van der Waals surface area contributed by atoms with Crippen LogP contribution in [0.15, 0.2) is 21.3 Å². The summed E-state index contributed by atoms with van der Waals surface area (Å²) in [5.74, 6) is 1.87. The number of furan rings is 1. The van der Waals surface area contributed by atoms with Crippen LogP contribution in [0.2, 0.25) is 0 Å². The summed E-state index contributed by atoms with van der Waals surface area (Å²) in [5.41, 5.74) is 0.862. The van der Waals surface area contributed by atoms with Crippen LogP contribution in [0.1, 0.15) is 19.6 Å². The van der Waals surface area contributed by atoms with Gasteiger partial charge >= 0.3 is 6.01 Å². The van der Waals surface area contributed by atoms with E-state index in [9.17, 15) is 0 Å². The fraction of sp³-hybridized carbons (Fsp3) is 0.455. The van der Waals surface area contributed by atoms with E-state index >= 15 is 0 Å². The van der Waals surface area contributed by atoms with Crippen LogP contribution in [0, 0.1) is 12.8 Å². The van der Waals surface area contributed by atoms with Gasteiger partial charge in [-0.15, -0.1) is 0 Å². The van der Waals surface area contributed by atoms with Gasteiger partial charge in [-0.05, 0) is 18.9 Å². The topological polar surface area (TPSA) is 64.1 Å². The second-order valence-electron chi connectivity index (χ2n) is 4.09. The van der Waals surface area contributed by atoms with Crippen LogP contribution in [-0.2, 0) is 0 Å². The van der Waals surface area contributed by atoms with Crippen molar-refractivity contribution in [3.05, 3.63) is 18.1 Å². The maximum absolute atomic E-state index is 5.18. The summed E-state index contributed by atoms with van der Waals surface area (Å²) in [6.45, 7) is 6.91. The smallest absolute Gasteiger partial charge is 0.321 e. The van der Waals surface area contributed by atoms with Crippen molar-refractivity contribution in [3.63, 3.8) is 0 Å². The zero-order valence-electron chi connectivity index (χ0n) is 9.65.